The van der Waals surface area contributed by atoms with Gasteiger partial charge in [-0.05, 0) is 51.2 Å². The van der Waals surface area contributed by atoms with Gasteiger partial charge in [-0.25, -0.2) is 4.98 Å². The second-order valence-corrected chi connectivity index (χ2v) is 10.5. The predicted octanol–water partition coefficient (Wildman–Crippen LogP) is 3.07. The summed E-state index contributed by atoms with van der Waals surface area (Å²) < 4.78 is 16.8. The third kappa shape index (κ3) is 7.12. The van der Waals surface area contributed by atoms with Gasteiger partial charge in [0.2, 0.25) is 11.8 Å². The molecule has 0 aliphatic carbocycles. The minimum absolute atomic E-state index is 0.614. The van der Waals surface area contributed by atoms with Crippen molar-refractivity contribution in [3.8, 4) is 17.2 Å². The molecule has 0 bridgehead atoms. The molecule has 40 heavy (non-hydrogen) atoms. The average molecular weight is 551 g/mol. The monoisotopic (exact) mass is 550 g/mol. The minimum atomic E-state index is 0.614. The molecule has 4 rings (SSSR count). The number of aromatic nitrogens is 2. The average Bonchev–Trinajstić information content (AvgIpc) is 3.40. The Morgan fingerprint density at radius 2 is 1.75 bits per heavy atom. The fourth-order valence-corrected chi connectivity index (χ4v) is 5.04. The minimum Gasteiger partial charge on any atom is -0.496 e. The van der Waals surface area contributed by atoms with Gasteiger partial charge >= 0.3 is 0 Å². The molecule has 2 heterocycles. The number of fused-ring (bicyclic) bond motifs is 1. The zero-order chi connectivity index (χ0) is 28.6. The quantitative estimate of drug-likeness (QED) is 0.312. The fraction of sp³-hybridized carbons (Fsp3) is 0.467. The van der Waals surface area contributed by atoms with Crippen molar-refractivity contribution in [2.45, 2.75) is 19.4 Å². The van der Waals surface area contributed by atoms with Gasteiger partial charge in [-0.3, -0.25) is 10.2 Å². The lowest BCUT2D eigenvalue weighted by atomic mass is 10.1. The Labute approximate surface area is 237 Å². The first-order chi connectivity index (χ1) is 19.3. The van der Waals surface area contributed by atoms with Crippen LogP contribution in [0.2, 0.25) is 0 Å². The summed E-state index contributed by atoms with van der Waals surface area (Å²) in [6.07, 6.45) is 4.23. The van der Waals surface area contributed by atoms with Crippen LogP contribution < -0.4 is 29.7 Å². The van der Waals surface area contributed by atoms with Crippen LogP contribution in [-0.2, 0) is 6.54 Å². The highest BCUT2D eigenvalue weighted by Gasteiger charge is 2.22. The van der Waals surface area contributed by atoms with Crippen molar-refractivity contribution in [2.24, 2.45) is 0 Å². The van der Waals surface area contributed by atoms with Crippen molar-refractivity contribution in [3.63, 3.8) is 0 Å². The second kappa shape index (κ2) is 13.6. The number of anilines is 2. The van der Waals surface area contributed by atoms with Gasteiger partial charge in [0, 0.05) is 63.7 Å². The van der Waals surface area contributed by atoms with E-state index in [0.29, 0.717) is 17.4 Å². The number of ether oxygens (including phenoxy) is 3. The van der Waals surface area contributed by atoms with E-state index < -0.39 is 0 Å². The summed E-state index contributed by atoms with van der Waals surface area (Å²) in [5, 5.41) is 6.43. The number of nitrogens with zero attached hydrogens (tertiary/aromatic N) is 5. The maximum absolute atomic E-state index is 5.70. The summed E-state index contributed by atoms with van der Waals surface area (Å²) >= 11 is 0. The van der Waals surface area contributed by atoms with Crippen molar-refractivity contribution < 1.29 is 19.5 Å². The molecule has 1 aliphatic rings. The van der Waals surface area contributed by atoms with Gasteiger partial charge in [-0.15, -0.1) is 0 Å². The number of quaternary nitrogens is 1. The molecule has 10 nitrogen and oxygen atoms in total. The van der Waals surface area contributed by atoms with Gasteiger partial charge in [0.15, 0.2) is 11.5 Å². The Hall–Kier alpha value is -3.60. The summed E-state index contributed by atoms with van der Waals surface area (Å²) in [5.41, 5.74) is 4.58. The number of hydrogen-bond donors (Lipinski definition) is 2. The van der Waals surface area contributed by atoms with E-state index in [4.69, 9.17) is 24.2 Å². The molecule has 1 fully saturated rings. The molecule has 216 valence electrons. The Morgan fingerprint density at radius 3 is 2.45 bits per heavy atom. The number of hydrogen-bond acceptors (Lipinski definition) is 9. The highest BCUT2D eigenvalue weighted by Crippen LogP contribution is 2.34. The van der Waals surface area contributed by atoms with Crippen LogP contribution in [0.3, 0.4) is 0 Å². The second-order valence-electron chi connectivity index (χ2n) is 10.5. The van der Waals surface area contributed by atoms with Crippen molar-refractivity contribution in [2.75, 3.05) is 85.9 Å². The van der Waals surface area contributed by atoms with Crippen LogP contribution in [-0.4, -0.2) is 95.5 Å². The molecule has 1 aliphatic heterocycles. The molecular formula is C30H44N7O3+. The van der Waals surface area contributed by atoms with Gasteiger partial charge < -0.3 is 29.3 Å². The molecule has 0 atom stereocenters. The molecule has 2 aromatic carbocycles. The van der Waals surface area contributed by atoms with Crippen LogP contribution >= 0.6 is 0 Å². The third-order valence-corrected chi connectivity index (χ3v) is 7.14. The molecule has 10 heteroatoms. The zero-order valence-electron chi connectivity index (χ0n) is 25.0. The molecular weight excluding hydrogens is 506 g/mol. The summed E-state index contributed by atoms with van der Waals surface area (Å²) in [4.78, 5) is 16.4. The van der Waals surface area contributed by atoms with Gasteiger partial charge in [-0.1, -0.05) is 6.07 Å². The first-order valence-corrected chi connectivity index (χ1v) is 13.7. The first-order valence-electron chi connectivity index (χ1n) is 13.7. The van der Waals surface area contributed by atoms with E-state index in [0.717, 1.165) is 68.0 Å². The van der Waals surface area contributed by atoms with Crippen molar-refractivity contribution in [1.82, 2.24) is 19.8 Å². The molecule has 0 radical (unpaired) electrons. The molecule has 0 amide bonds. The molecule has 0 unspecified atom stereocenters. The van der Waals surface area contributed by atoms with Crippen LogP contribution in [0.1, 0.15) is 18.4 Å². The molecule has 0 spiro atoms. The highest BCUT2D eigenvalue weighted by atomic mass is 16.5. The van der Waals surface area contributed by atoms with Crippen molar-refractivity contribution >= 4 is 28.4 Å². The normalized spacial score (nSPS) is 14.8. The molecule has 3 aromatic rings. The summed E-state index contributed by atoms with van der Waals surface area (Å²) in [6, 6.07) is 10.1. The maximum atomic E-state index is 5.70. The third-order valence-electron chi connectivity index (χ3n) is 7.14. The van der Waals surface area contributed by atoms with Gasteiger partial charge in [0.1, 0.15) is 5.75 Å². The summed E-state index contributed by atoms with van der Waals surface area (Å²) in [5.74, 6) is 3.71. The Bertz CT molecular complexity index is 1330. The Kier molecular flexibility index (Phi) is 10.0. The fourth-order valence-electron chi connectivity index (χ4n) is 5.04. The van der Waals surface area contributed by atoms with E-state index in [1.54, 1.807) is 21.3 Å². The number of rotatable bonds is 13. The summed E-state index contributed by atoms with van der Waals surface area (Å²) in [7, 11) is 13.3. The topological polar surface area (TPSA) is 91.8 Å². The van der Waals surface area contributed by atoms with Crippen LogP contribution in [0.15, 0.2) is 42.1 Å². The van der Waals surface area contributed by atoms with E-state index in [-0.39, 0.29) is 0 Å². The number of benzene rings is 2. The number of likely N-dealkylation sites (tertiary alicyclic amines) is 1. The lowest BCUT2D eigenvalue weighted by Gasteiger charge is -2.23. The number of nitrogens with two attached hydrogens (primary N) is 1. The lowest BCUT2D eigenvalue weighted by molar-refractivity contribution is -0.499. The standard InChI is InChI=1S/C30H43N7O3/c1-35(2)14-9-13-31-30-33-24-17-28(40-7)27(39-6)16-22(24)29(34-30)32-18-21-12-15-37(19-21)20-23-25(36(3)4)10-8-11-26(23)38-5/h8,10-11,16-18H,9,12-15,19-20H2,1-7H3,(H2,31,32,33,34)/p+1. The summed E-state index contributed by atoms with van der Waals surface area (Å²) in [6.45, 7) is 4.53. The van der Waals surface area contributed by atoms with Gasteiger partial charge in [-0.2, -0.15) is 4.98 Å². The van der Waals surface area contributed by atoms with E-state index >= 15 is 0 Å². The van der Waals surface area contributed by atoms with Crippen LogP contribution in [0, 0.1) is 0 Å². The Morgan fingerprint density at radius 1 is 1.00 bits per heavy atom. The Balaban J connectivity index is 1.54. The smallest absolute Gasteiger partial charge is 0.241 e. The number of nitrogens with one attached hydrogen (secondary N) is 1. The van der Waals surface area contributed by atoms with E-state index in [2.05, 4.69) is 65.8 Å². The molecule has 1 aromatic heterocycles. The molecule has 0 saturated carbocycles. The zero-order valence-corrected chi connectivity index (χ0v) is 25.0. The SMILES string of the molecule is COc1cc2nc(NCCCN(C)C)nc([NH2+]C=C3CCN(Cc4c(OC)cccc4N(C)C)C3)c2cc1OC. The van der Waals surface area contributed by atoms with Gasteiger partial charge in [0.25, 0.3) is 0 Å². The van der Waals surface area contributed by atoms with Crippen LogP contribution in [0.25, 0.3) is 10.9 Å². The lowest BCUT2D eigenvalue weighted by Crippen LogP contribution is -2.72. The molecule has 3 N–H and O–H groups in total. The molecule has 1 saturated heterocycles. The predicted molar refractivity (Wildman–Crippen MR) is 161 cm³/mol. The van der Waals surface area contributed by atoms with E-state index in [9.17, 15) is 0 Å². The number of methoxy groups -OCH3 is 3. The van der Waals surface area contributed by atoms with Crippen molar-refractivity contribution in [3.05, 3.63) is 47.7 Å². The first kappa shape index (κ1) is 29.4. The maximum Gasteiger partial charge on any atom is 0.241 e. The van der Waals surface area contributed by atoms with Gasteiger partial charge in [0.05, 0.1) is 38.4 Å². The van der Waals surface area contributed by atoms with Crippen LogP contribution in [0.4, 0.5) is 17.5 Å². The van der Waals surface area contributed by atoms with E-state index in [1.807, 2.05) is 24.3 Å². The van der Waals surface area contributed by atoms with Crippen LogP contribution in [0.5, 0.6) is 17.2 Å². The largest absolute Gasteiger partial charge is 0.496 e. The highest BCUT2D eigenvalue weighted by molar-refractivity contribution is 5.89. The van der Waals surface area contributed by atoms with E-state index in [1.165, 1.54) is 16.8 Å². The van der Waals surface area contributed by atoms with Crippen molar-refractivity contribution in [1.29, 1.82) is 0 Å².